The van der Waals surface area contributed by atoms with Crippen LogP contribution in [0.5, 0.6) is 0 Å². The van der Waals surface area contributed by atoms with Gasteiger partial charge >= 0.3 is 0 Å². The lowest BCUT2D eigenvalue weighted by Gasteiger charge is -2.06. The number of benzene rings is 1. The van der Waals surface area contributed by atoms with Crippen molar-refractivity contribution in [2.75, 3.05) is 13.1 Å². The molecule has 0 saturated heterocycles. The van der Waals surface area contributed by atoms with Crippen LogP contribution < -0.4 is 10.6 Å². The van der Waals surface area contributed by atoms with E-state index >= 15 is 0 Å². The molecule has 0 unspecified atom stereocenters. The Balaban J connectivity index is 1.67. The van der Waals surface area contributed by atoms with Crippen LogP contribution in [-0.2, 0) is 11.2 Å². The molecule has 0 aliphatic carbocycles. The predicted molar refractivity (Wildman–Crippen MR) is 76.7 cm³/mol. The molecule has 1 aromatic carbocycles. The van der Waals surface area contributed by atoms with Crippen molar-refractivity contribution in [2.24, 2.45) is 0 Å². The standard InChI is InChI=1S/C15H17N3O3/c1-11-9-17-14(21-11)7-8-16-13(19)10-18-15(20)12-5-3-2-4-6-12/h2-6,9H,7-8,10H2,1H3,(H,16,19)(H,18,20). The topological polar surface area (TPSA) is 84.2 Å². The smallest absolute Gasteiger partial charge is 0.251 e. The Labute approximate surface area is 122 Å². The largest absolute Gasteiger partial charge is 0.446 e. The van der Waals surface area contributed by atoms with Gasteiger partial charge in [-0.15, -0.1) is 0 Å². The molecule has 1 heterocycles. The Kier molecular flexibility index (Phi) is 5.09. The van der Waals surface area contributed by atoms with Gasteiger partial charge in [0.15, 0.2) is 5.89 Å². The molecule has 2 N–H and O–H groups in total. The average molecular weight is 287 g/mol. The maximum absolute atomic E-state index is 11.7. The molecule has 2 rings (SSSR count). The van der Waals surface area contributed by atoms with Gasteiger partial charge in [0.2, 0.25) is 5.91 Å². The molecular formula is C15H17N3O3. The van der Waals surface area contributed by atoms with Crippen molar-refractivity contribution in [1.29, 1.82) is 0 Å². The van der Waals surface area contributed by atoms with Crippen molar-refractivity contribution in [2.45, 2.75) is 13.3 Å². The summed E-state index contributed by atoms with van der Waals surface area (Å²) in [5.41, 5.74) is 0.528. The first-order chi connectivity index (χ1) is 10.1. The van der Waals surface area contributed by atoms with Gasteiger partial charge in [-0.2, -0.15) is 0 Å². The predicted octanol–water partition coefficient (Wildman–Crippen LogP) is 1.07. The first kappa shape index (κ1) is 14.8. The van der Waals surface area contributed by atoms with Crippen molar-refractivity contribution in [3.8, 4) is 0 Å². The summed E-state index contributed by atoms with van der Waals surface area (Å²) in [4.78, 5) is 27.4. The van der Waals surface area contributed by atoms with Crippen LogP contribution in [0.1, 0.15) is 22.0 Å². The molecule has 21 heavy (non-hydrogen) atoms. The van der Waals surface area contributed by atoms with E-state index in [1.807, 2.05) is 13.0 Å². The van der Waals surface area contributed by atoms with Gasteiger partial charge < -0.3 is 15.1 Å². The molecular weight excluding hydrogens is 270 g/mol. The Morgan fingerprint density at radius 3 is 2.62 bits per heavy atom. The van der Waals surface area contributed by atoms with E-state index in [1.54, 1.807) is 30.5 Å². The number of rotatable bonds is 6. The maximum atomic E-state index is 11.7. The van der Waals surface area contributed by atoms with Gasteiger partial charge in [0, 0.05) is 18.5 Å². The number of amides is 2. The van der Waals surface area contributed by atoms with Crippen LogP contribution in [0, 0.1) is 6.92 Å². The van der Waals surface area contributed by atoms with Crippen molar-refractivity contribution >= 4 is 11.8 Å². The number of oxazole rings is 1. The van der Waals surface area contributed by atoms with Gasteiger partial charge in [-0.1, -0.05) is 18.2 Å². The molecule has 0 radical (unpaired) electrons. The van der Waals surface area contributed by atoms with Gasteiger partial charge in [0.05, 0.1) is 12.7 Å². The molecule has 110 valence electrons. The highest BCUT2D eigenvalue weighted by Crippen LogP contribution is 2.01. The lowest BCUT2D eigenvalue weighted by Crippen LogP contribution is -2.37. The van der Waals surface area contributed by atoms with Crippen molar-refractivity contribution in [3.05, 3.63) is 53.7 Å². The third kappa shape index (κ3) is 4.76. The van der Waals surface area contributed by atoms with E-state index in [-0.39, 0.29) is 18.4 Å². The van der Waals surface area contributed by atoms with Crippen LogP contribution in [0.25, 0.3) is 0 Å². The lowest BCUT2D eigenvalue weighted by atomic mass is 10.2. The minimum Gasteiger partial charge on any atom is -0.446 e. The second-order valence-electron chi connectivity index (χ2n) is 4.51. The number of aromatic nitrogens is 1. The molecule has 6 heteroatoms. The summed E-state index contributed by atoms with van der Waals surface area (Å²) in [6.45, 7) is 2.17. The Bertz CT molecular complexity index is 608. The van der Waals surface area contributed by atoms with Crippen molar-refractivity contribution in [3.63, 3.8) is 0 Å². The molecule has 6 nitrogen and oxygen atoms in total. The van der Waals surface area contributed by atoms with Crippen LogP contribution in [0.3, 0.4) is 0 Å². The molecule has 0 aliphatic rings. The molecule has 1 aromatic heterocycles. The summed E-state index contributed by atoms with van der Waals surface area (Å²) in [6, 6.07) is 8.75. The fourth-order valence-electron chi connectivity index (χ4n) is 1.74. The molecule has 2 aromatic rings. The number of nitrogens with one attached hydrogen (secondary N) is 2. The summed E-state index contributed by atoms with van der Waals surface area (Å²) in [5.74, 6) is 0.809. The van der Waals surface area contributed by atoms with Crippen LogP contribution in [-0.4, -0.2) is 29.9 Å². The third-order valence-corrected chi connectivity index (χ3v) is 2.78. The zero-order valence-electron chi connectivity index (χ0n) is 11.8. The average Bonchev–Trinajstić information content (AvgIpc) is 2.91. The van der Waals surface area contributed by atoms with Crippen LogP contribution in [0.2, 0.25) is 0 Å². The van der Waals surface area contributed by atoms with Gasteiger partial charge in [0.25, 0.3) is 5.91 Å². The molecule has 2 amide bonds. The zero-order valence-corrected chi connectivity index (χ0v) is 11.8. The van der Waals surface area contributed by atoms with Crippen LogP contribution >= 0.6 is 0 Å². The van der Waals surface area contributed by atoms with E-state index < -0.39 is 0 Å². The quantitative estimate of drug-likeness (QED) is 0.832. The minimum atomic E-state index is -0.269. The fourth-order valence-corrected chi connectivity index (χ4v) is 1.74. The highest BCUT2D eigenvalue weighted by atomic mass is 16.4. The Hall–Kier alpha value is -2.63. The Morgan fingerprint density at radius 2 is 1.95 bits per heavy atom. The summed E-state index contributed by atoms with van der Waals surface area (Å²) >= 11 is 0. The normalized spacial score (nSPS) is 10.1. The number of nitrogens with zero attached hydrogens (tertiary/aromatic N) is 1. The van der Waals surface area contributed by atoms with Gasteiger partial charge in [-0.25, -0.2) is 4.98 Å². The SMILES string of the molecule is Cc1cnc(CCNC(=O)CNC(=O)c2ccccc2)o1. The number of carbonyl (C=O) groups excluding carboxylic acids is 2. The summed E-state index contributed by atoms with van der Waals surface area (Å²) in [7, 11) is 0. The number of carbonyl (C=O) groups is 2. The van der Waals surface area contributed by atoms with E-state index in [1.165, 1.54) is 0 Å². The van der Waals surface area contributed by atoms with Crippen molar-refractivity contribution in [1.82, 2.24) is 15.6 Å². The van der Waals surface area contributed by atoms with E-state index in [2.05, 4.69) is 15.6 Å². The Morgan fingerprint density at radius 1 is 1.19 bits per heavy atom. The third-order valence-electron chi connectivity index (χ3n) is 2.78. The van der Waals surface area contributed by atoms with Gasteiger partial charge in [0.1, 0.15) is 5.76 Å². The van der Waals surface area contributed by atoms with Crippen molar-refractivity contribution < 1.29 is 14.0 Å². The highest BCUT2D eigenvalue weighted by molar-refractivity contribution is 5.96. The molecule has 0 aliphatic heterocycles. The van der Waals surface area contributed by atoms with Gasteiger partial charge in [-0.05, 0) is 19.1 Å². The molecule has 0 bridgehead atoms. The summed E-state index contributed by atoms with van der Waals surface area (Å²) in [5, 5.41) is 5.26. The molecule has 0 spiro atoms. The van der Waals surface area contributed by atoms with E-state index in [0.717, 1.165) is 5.76 Å². The first-order valence-corrected chi connectivity index (χ1v) is 6.66. The van der Waals surface area contributed by atoms with Crippen LogP contribution in [0.15, 0.2) is 40.9 Å². The van der Waals surface area contributed by atoms with E-state index in [9.17, 15) is 9.59 Å². The molecule has 0 fully saturated rings. The summed E-state index contributed by atoms with van der Waals surface area (Å²) < 4.78 is 5.29. The monoisotopic (exact) mass is 287 g/mol. The second kappa shape index (κ2) is 7.23. The van der Waals surface area contributed by atoms with Crippen LogP contribution in [0.4, 0.5) is 0 Å². The maximum Gasteiger partial charge on any atom is 0.251 e. The molecule has 0 atom stereocenters. The summed E-state index contributed by atoms with van der Waals surface area (Å²) in [6.07, 6.45) is 2.16. The number of hydrogen-bond acceptors (Lipinski definition) is 4. The zero-order chi connectivity index (χ0) is 15.1. The van der Waals surface area contributed by atoms with Gasteiger partial charge in [-0.3, -0.25) is 9.59 Å². The molecule has 0 saturated carbocycles. The number of aryl methyl sites for hydroxylation is 1. The fraction of sp³-hybridized carbons (Fsp3) is 0.267. The highest BCUT2D eigenvalue weighted by Gasteiger charge is 2.07. The minimum absolute atomic E-state index is 0.0572. The first-order valence-electron chi connectivity index (χ1n) is 6.66. The number of hydrogen-bond donors (Lipinski definition) is 2. The van der Waals surface area contributed by atoms with E-state index in [0.29, 0.717) is 24.4 Å². The lowest BCUT2D eigenvalue weighted by molar-refractivity contribution is -0.120. The van der Waals surface area contributed by atoms with E-state index in [4.69, 9.17) is 4.42 Å². The second-order valence-corrected chi connectivity index (χ2v) is 4.51.